The van der Waals surface area contributed by atoms with Gasteiger partial charge < -0.3 is 5.32 Å². The Morgan fingerprint density at radius 2 is 1.84 bits per heavy atom. The van der Waals surface area contributed by atoms with Gasteiger partial charge in [0.05, 0.1) is 20.9 Å². The van der Waals surface area contributed by atoms with Gasteiger partial charge in [-0.1, -0.05) is 23.9 Å². The van der Waals surface area contributed by atoms with E-state index in [0.29, 0.717) is 11.4 Å². The maximum Gasteiger partial charge on any atom is 0.264 e. The SMILES string of the molecule is Cc1ccnc(NS(=O)(=O)c2ccc(NC(=O)CSc3nc4ccccc4s3)cc2)n1. The highest BCUT2D eigenvalue weighted by Crippen LogP contribution is 2.29. The third-order valence-corrected chi connectivity index (χ3v) is 7.59. The molecule has 0 spiro atoms. The lowest BCUT2D eigenvalue weighted by Gasteiger charge is -2.08. The van der Waals surface area contributed by atoms with Crippen LogP contribution in [0.1, 0.15) is 5.69 Å². The largest absolute Gasteiger partial charge is 0.325 e. The van der Waals surface area contributed by atoms with Gasteiger partial charge in [0, 0.05) is 17.6 Å². The monoisotopic (exact) mass is 471 g/mol. The number of hydrogen-bond donors (Lipinski definition) is 2. The van der Waals surface area contributed by atoms with Crippen LogP contribution < -0.4 is 10.0 Å². The van der Waals surface area contributed by atoms with E-state index in [-0.39, 0.29) is 22.5 Å². The van der Waals surface area contributed by atoms with Gasteiger partial charge in [-0.2, -0.15) is 0 Å². The quantitative estimate of drug-likeness (QED) is 0.393. The van der Waals surface area contributed by atoms with Crippen LogP contribution in [0.15, 0.2) is 70.0 Å². The average Bonchev–Trinajstić information content (AvgIpc) is 3.15. The van der Waals surface area contributed by atoms with Gasteiger partial charge in [-0.05, 0) is 49.4 Å². The van der Waals surface area contributed by atoms with Gasteiger partial charge in [-0.15, -0.1) is 11.3 Å². The number of thioether (sulfide) groups is 1. The number of sulfonamides is 1. The minimum Gasteiger partial charge on any atom is -0.325 e. The Kier molecular flexibility index (Phi) is 6.16. The van der Waals surface area contributed by atoms with Gasteiger partial charge in [-0.3, -0.25) is 4.79 Å². The maximum atomic E-state index is 12.5. The summed E-state index contributed by atoms with van der Waals surface area (Å²) in [4.78, 5) is 24.7. The topological polar surface area (TPSA) is 114 Å². The predicted octanol–water partition coefficient (Wildman–Crippen LogP) is 3.93. The van der Waals surface area contributed by atoms with Gasteiger partial charge in [0.1, 0.15) is 0 Å². The van der Waals surface area contributed by atoms with Crippen molar-refractivity contribution in [2.45, 2.75) is 16.2 Å². The van der Waals surface area contributed by atoms with E-state index in [1.807, 2.05) is 24.3 Å². The molecule has 0 bridgehead atoms. The predicted molar refractivity (Wildman–Crippen MR) is 123 cm³/mol. The fourth-order valence-corrected chi connectivity index (χ4v) is 5.45. The molecule has 0 fully saturated rings. The van der Waals surface area contributed by atoms with Crippen molar-refractivity contribution in [2.75, 3.05) is 15.8 Å². The van der Waals surface area contributed by atoms with Crippen molar-refractivity contribution in [3.05, 3.63) is 66.5 Å². The molecule has 0 unspecified atom stereocenters. The number of thiazole rings is 1. The molecule has 0 radical (unpaired) electrons. The lowest BCUT2D eigenvalue weighted by atomic mass is 10.3. The third-order valence-electron chi connectivity index (χ3n) is 4.07. The number of amides is 1. The number of para-hydroxylation sites is 1. The van der Waals surface area contributed by atoms with Gasteiger partial charge in [0.25, 0.3) is 10.0 Å². The molecular weight excluding hydrogens is 454 g/mol. The molecule has 0 aliphatic rings. The number of benzene rings is 2. The second kappa shape index (κ2) is 9.00. The standard InChI is InChI=1S/C20H17N5O3S3/c1-13-10-11-21-19(22-13)25-31(27,28)15-8-6-14(7-9-15)23-18(26)12-29-20-24-16-4-2-3-5-17(16)30-20/h2-11H,12H2,1H3,(H,23,26)(H,21,22,25). The van der Waals surface area contributed by atoms with Gasteiger partial charge >= 0.3 is 0 Å². The fourth-order valence-electron chi connectivity index (χ4n) is 2.63. The van der Waals surface area contributed by atoms with Crippen molar-refractivity contribution in [2.24, 2.45) is 0 Å². The van der Waals surface area contributed by atoms with Crippen LogP contribution in [-0.2, 0) is 14.8 Å². The van der Waals surface area contributed by atoms with E-state index in [4.69, 9.17) is 0 Å². The maximum absolute atomic E-state index is 12.5. The number of aryl methyl sites for hydroxylation is 1. The Labute approximate surface area is 187 Å². The van der Waals surface area contributed by atoms with Crippen LogP contribution in [0.2, 0.25) is 0 Å². The van der Waals surface area contributed by atoms with Crippen molar-refractivity contribution >= 4 is 60.9 Å². The minimum atomic E-state index is -3.83. The number of nitrogens with one attached hydrogen (secondary N) is 2. The molecule has 2 heterocycles. The van der Waals surface area contributed by atoms with Gasteiger partial charge in [-0.25, -0.2) is 28.1 Å². The van der Waals surface area contributed by atoms with Crippen LogP contribution in [0, 0.1) is 6.92 Å². The summed E-state index contributed by atoms with van der Waals surface area (Å²) < 4.78 is 29.2. The van der Waals surface area contributed by atoms with Crippen molar-refractivity contribution in [1.29, 1.82) is 0 Å². The first-order valence-corrected chi connectivity index (χ1v) is 12.4. The smallest absolute Gasteiger partial charge is 0.264 e. The minimum absolute atomic E-state index is 0.00394. The number of hydrogen-bond acceptors (Lipinski definition) is 8. The molecule has 11 heteroatoms. The van der Waals surface area contributed by atoms with Crippen LogP contribution in [0.25, 0.3) is 10.2 Å². The first-order chi connectivity index (χ1) is 14.9. The summed E-state index contributed by atoms with van der Waals surface area (Å²) in [7, 11) is -3.83. The molecule has 2 aromatic heterocycles. The molecule has 4 aromatic rings. The Morgan fingerprint density at radius 1 is 1.06 bits per heavy atom. The number of carbonyl (C=O) groups is 1. The van der Waals surface area contributed by atoms with Crippen molar-refractivity contribution in [3.63, 3.8) is 0 Å². The molecule has 0 saturated heterocycles. The fraction of sp³-hybridized carbons (Fsp3) is 0.100. The Hall–Kier alpha value is -3.02. The number of rotatable bonds is 7. The van der Waals surface area contributed by atoms with Crippen LogP contribution in [-0.4, -0.2) is 35.0 Å². The first kappa shape index (κ1) is 21.2. The molecule has 0 aliphatic heterocycles. The second-order valence-corrected chi connectivity index (χ2v) is 10.4. The normalized spacial score (nSPS) is 11.4. The summed E-state index contributed by atoms with van der Waals surface area (Å²) in [5.41, 5.74) is 2.06. The highest BCUT2D eigenvalue weighted by molar-refractivity contribution is 8.01. The number of carbonyl (C=O) groups excluding carboxylic acids is 1. The van der Waals surface area contributed by atoms with E-state index in [2.05, 4.69) is 25.0 Å². The van der Waals surface area contributed by atoms with Crippen LogP contribution >= 0.6 is 23.1 Å². The zero-order valence-corrected chi connectivity index (χ0v) is 18.7. The molecule has 2 N–H and O–H groups in total. The molecule has 31 heavy (non-hydrogen) atoms. The lowest BCUT2D eigenvalue weighted by Crippen LogP contribution is -2.16. The highest BCUT2D eigenvalue weighted by atomic mass is 32.2. The summed E-state index contributed by atoms with van der Waals surface area (Å²) in [5, 5.41) is 2.76. The number of anilines is 2. The molecular formula is C20H17N5O3S3. The molecule has 158 valence electrons. The van der Waals surface area contributed by atoms with Crippen LogP contribution in [0.4, 0.5) is 11.6 Å². The number of nitrogens with zero attached hydrogens (tertiary/aromatic N) is 3. The van der Waals surface area contributed by atoms with Gasteiger partial charge in [0.2, 0.25) is 11.9 Å². The Balaban J connectivity index is 1.35. The molecule has 0 aliphatic carbocycles. The zero-order valence-electron chi connectivity index (χ0n) is 16.3. The summed E-state index contributed by atoms with van der Waals surface area (Å²) in [5.74, 6) is 0.00182. The van der Waals surface area contributed by atoms with E-state index in [9.17, 15) is 13.2 Å². The second-order valence-electron chi connectivity index (χ2n) is 6.44. The lowest BCUT2D eigenvalue weighted by molar-refractivity contribution is -0.113. The van der Waals surface area contributed by atoms with E-state index in [0.717, 1.165) is 14.6 Å². The third kappa shape index (κ3) is 5.37. The van der Waals surface area contributed by atoms with E-state index < -0.39 is 10.0 Å². The van der Waals surface area contributed by atoms with E-state index in [1.54, 1.807) is 13.0 Å². The van der Waals surface area contributed by atoms with E-state index >= 15 is 0 Å². The van der Waals surface area contributed by atoms with Crippen molar-refractivity contribution in [3.8, 4) is 0 Å². The van der Waals surface area contributed by atoms with Crippen molar-refractivity contribution < 1.29 is 13.2 Å². The molecule has 1 amide bonds. The number of fused-ring (bicyclic) bond motifs is 1. The zero-order chi connectivity index (χ0) is 21.8. The summed E-state index contributed by atoms with van der Waals surface area (Å²) in [6.45, 7) is 1.74. The molecule has 0 saturated carbocycles. The van der Waals surface area contributed by atoms with Crippen LogP contribution in [0.5, 0.6) is 0 Å². The Bertz CT molecular complexity index is 1300. The highest BCUT2D eigenvalue weighted by Gasteiger charge is 2.16. The summed E-state index contributed by atoms with van der Waals surface area (Å²) in [6, 6.07) is 15.4. The molecule has 8 nitrogen and oxygen atoms in total. The van der Waals surface area contributed by atoms with E-state index in [1.165, 1.54) is 53.6 Å². The Morgan fingerprint density at radius 3 is 2.58 bits per heavy atom. The first-order valence-electron chi connectivity index (χ1n) is 9.10. The van der Waals surface area contributed by atoms with Gasteiger partial charge in [0.15, 0.2) is 4.34 Å². The molecule has 4 rings (SSSR count). The average molecular weight is 472 g/mol. The summed E-state index contributed by atoms with van der Waals surface area (Å²) >= 11 is 2.90. The van der Waals surface area contributed by atoms with Crippen LogP contribution in [0.3, 0.4) is 0 Å². The molecule has 2 aromatic carbocycles. The molecule has 0 atom stereocenters. The summed E-state index contributed by atoms with van der Waals surface area (Å²) in [6.07, 6.45) is 1.48. The number of aromatic nitrogens is 3. The van der Waals surface area contributed by atoms with Crippen molar-refractivity contribution in [1.82, 2.24) is 15.0 Å².